The van der Waals surface area contributed by atoms with Gasteiger partial charge in [-0.2, -0.15) is 0 Å². The van der Waals surface area contributed by atoms with E-state index in [0.29, 0.717) is 11.1 Å². The van der Waals surface area contributed by atoms with Crippen molar-refractivity contribution in [2.24, 2.45) is 0 Å². The standard InChI is InChI=1S/C11H10N2O2S/c1-2-7-16-11-13-12-10(15-11)8-3-5-9(14)6-4-8/h2-6,14H,1,7H2. The van der Waals surface area contributed by atoms with E-state index in [4.69, 9.17) is 9.52 Å². The number of thioether (sulfide) groups is 1. The summed E-state index contributed by atoms with van der Waals surface area (Å²) in [5, 5.41) is 17.5. The highest BCUT2D eigenvalue weighted by atomic mass is 32.2. The van der Waals surface area contributed by atoms with Crippen LogP contribution in [-0.4, -0.2) is 21.1 Å². The number of rotatable bonds is 4. The largest absolute Gasteiger partial charge is 0.508 e. The molecule has 1 N–H and O–H groups in total. The topological polar surface area (TPSA) is 59.2 Å². The fourth-order valence-electron chi connectivity index (χ4n) is 1.12. The van der Waals surface area contributed by atoms with Gasteiger partial charge >= 0.3 is 0 Å². The second kappa shape index (κ2) is 4.85. The minimum atomic E-state index is 0.213. The third kappa shape index (κ3) is 2.43. The van der Waals surface area contributed by atoms with E-state index in [-0.39, 0.29) is 5.75 Å². The zero-order valence-corrected chi connectivity index (χ0v) is 9.28. The van der Waals surface area contributed by atoms with Crippen LogP contribution in [0.25, 0.3) is 11.5 Å². The molecule has 0 saturated heterocycles. The molecule has 0 saturated carbocycles. The second-order valence-electron chi connectivity index (χ2n) is 3.02. The molecule has 0 unspecified atom stereocenters. The quantitative estimate of drug-likeness (QED) is 0.651. The molecule has 1 heterocycles. The number of benzene rings is 1. The van der Waals surface area contributed by atoms with Crippen LogP contribution in [0.3, 0.4) is 0 Å². The zero-order valence-electron chi connectivity index (χ0n) is 8.46. The Kier molecular flexibility index (Phi) is 3.26. The summed E-state index contributed by atoms with van der Waals surface area (Å²) in [5.74, 6) is 1.40. The van der Waals surface area contributed by atoms with Gasteiger partial charge in [-0.15, -0.1) is 16.8 Å². The fraction of sp³-hybridized carbons (Fsp3) is 0.0909. The van der Waals surface area contributed by atoms with Crippen molar-refractivity contribution in [3.8, 4) is 17.2 Å². The molecule has 0 bridgehead atoms. The first kappa shape index (κ1) is 10.8. The Morgan fingerprint density at radius 3 is 2.75 bits per heavy atom. The van der Waals surface area contributed by atoms with Crippen LogP contribution < -0.4 is 0 Å². The Labute approximate surface area is 97.0 Å². The Bertz CT molecular complexity index is 479. The number of hydrogen-bond acceptors (Lipinski definition) is 5. The highest BCUT2D eigenvalue weighted by molar-refractivity contribution is 7.99. The van der Waals surface area contributed by atoms with Gasteiger partial charge in [0.25, 0.3) is 5.22 Å². The van der Waals surface area contributed by atoms with Gasteiger partial charge in [-0.1, -0.05) is 17.8 Å². The van der Waals surface area contributed by atoms with E-state index in [9.17, 15) is 0 Å². The highest BCUT2D eigenvalue weighted by Crippen LogP contribution is 2.24. The first-order valence-corrected chi connectivity index (χ1v) is 5.65. The third-order valence-corrected chi connectivity index (χ3v) is 2.66. The molecule has 0 aliphatic carbocycles. The molecule has 4 nitrogen and oxygen atoms in total. The number of hydrogen-bond donors (Lipinski definition) is 1. The summed E-state index contributed by atoms with van der Waals surface area (Å²) >= 11 is 1.43. The van der Waals surface area contributed by atoms with Gasteiger partial charge in [-0.25, -0.2) is 0 Å². The van der Waals surface area contributed by atoms with Crippen LogP contribution in [0.1, 0.15) is 0 Å². The fourth-order valence-corrected chi connectivity index (χ4v) is 1.62. The number of phenolic OH excluding ortho intramolecular Hbond substituents is 1. The normalized spacial score (nSPS) is 10.2. The van der Waals surface area contributed by atoms with Crippen LogP contribution in [0.5, 0.6) is 5.75 Å². The molecule has 16 heavy (non-hydrogen) atoms. The molecule has 0 fully saturated rings. The van der Waals surface area contributed by atoms with Gasteiger partial charge in [0, 0.05) is 11.3 Å². The van der Waals surface area contributed by atoms with E-state index < -0.39 is 0 Å². The molecule has 0 radical (unpaired) electrons. The molecule has 5 heteroatoms. The minimum absolute atomic E-state index is 0.213. The maximum Gasteiger partial charge on any atom is 0.277 e. The number of aromatic hydroxyl groups is 1. The summed E-state index contributed by atoms with van der Waals surface area (Å²) in [7, 11) is 0. The highest BCUT2D eigenvalue weighted by Gasteiger charge is 2.07. The van der Waals surface area contributed by atoms with Crippen LogP contribution in [-0.2, 0) is 0 Å². The SMILES string of the molecule is C=CCSc1nnc(-c2ccc(O)cc2)o1. The summed E-state index contributed by atoms with van der Waals surface area (Å²) in [5.41, 5.74) is 0.788. The van der Waals surface area contributed by atoms with Crippen molar-refractivity contribution in [3.05, 3.63) is 36.9 Å². The summed E-state index contributed by atoms with van der Waals surface area (Å²) in [6.45, 7) is 3.61. The lowest BCUT2D eigenvalue weighted by Crippen LogP contribution is -1.76. The lowest BCUT2D eigenvalue weighted by Gasteiger charge is -1.94. The van der Waals surface area contributed by atoms with E-state index in [2.05, 4.69) is 16.8 Å². The molecular weight excluding hydrogens is 224 g/mol. The smallest absolute Gasteiger partial charge is 0.277 e. The molecular formula is C11H10N2O2S. The van der Waals surface area contributed by atoms with Crippen molar-refractivity contribution in [1.82, 2.24) is 10.2 Å². The zero-order chi connectivity index (χ0) is 11.4. The van der Waals surface area contributed by atoms with Crippen molar-refractivity contribution in [2.45, 2.75) is 5.22 Å². The van der Waals surface area contributed by atoms with Gasteiger partial charge in [0.15, 0.2) is 0 Å². The maximum absolute atomic E-state index is 9.14. The summed E-state index contributed by atoms with van der Waals surface area (Å²) < 4.78 is 5.42. The van der Waals surface area contributed by atoms with E-state index in [1.807, 2.05) is 0 Å². The summed E-state index contributed by atoms with van der Waals surface area (Å²) in [6, 6.07) is 6.61. The lowest BCUT2D eigenvalue weighted by molar-refractivity contribution is 0.465. The van der Waals surface area contributed by atoms with Gasteiger partial charge in [-0.05, 0) is 24.3 Å². The molecule has 82 valence electrons. The Morgan fingerprint density at radius 2 is 2.06 bits per heavy atom. The molecule has 1 aromatic carbocycles. The van der Waals surface area contributed by atoms with Gasteiger partial charge in [0.1, 0.15) is 5.75 Å². The van der Waals surface area contributed by atoms with E-state index in [0.717, 1.165) is 11.3 Å². The van der Waals surface area contributed by atoms with Crippen molar-refractivity contribution in [3.63, 3.8) is 0 Å². The number of nitrogens with zero attached hydrogens (tertiary/aromatic N) is 2. The first-order valence-electron chi connectivity index (χ1n) is 4.66. The van der Waals surface area contributed by atoms with Crippen molar-refractivity contribution in [2.75, 3.05) is 5.75 Å². The molecule has 0 aliphatic rings. The first-order chi connectivity index (χ1) is 7.79. The molecule has 1 aromatic heterocycles. The van der Waals surface area contributed by atoms with Gasteiger partial charge < -0.3 is 9.52 Å². The van der Waals surface area contributed by atoms with Crippen molar-refractivity contribution >= 4 is 11.8 Å². The Morgan fingerprint density at radius 1 is 1.31 bits per heavy atom. The van der Waals surface area contributed by atoms with Crippen molar-refractivity contribution < 1.29 is 9.52 Å². The van der Waals surface area contributed by atoms with Crippen molar-refractivity contribution in [1.29, 1.82) is 0 Å². The van der Waals surface area contributed by atoms with Gasteiger partial charge in [0.05, 0.1) is 0 Å². The van der Waals surface area contributed by atoms with Gasteiger partial charge in [0.2, 0.25) is 5.89 Å². The average molecular weight is 234 g/mol. The van der Waals surface area contributed by atoms with Crippen LogP contribution in [0.2, 0.25) is 0 Å². The maximum atomic E-state index is 9.14. The van der Waals surface area contributed by atoms with Crippen LogP contribution in [0.15, 0.2) is 46.6 Å². The van der Waals surface area contributed by atoms with Gasteiger partial charge in [-0.3, -0.25) is 0 Å². The number of phenols is 1. The van der Waals surface area contributed by atoms with E-state index in [1.165, 1.54) is 11.8 Å². The van der Waals surface area contributed by atoms with Crippen LogP contribution in [0, 0.1) is 0 Å². The molecule has 2 rings (SSSR count). The Balaban J connectivity index is 2.17. The average Bonchev–Trinajstić information content (AvgIpc) is 2.76. The number of aromatic nitrogens is 2. The Hall–Kier alpha value is -1.75. The van der Waals surface area contributed by atoms with Crippen LogP contribution in [0.4, 0.5) is 0 Å². The third-order valence-electron chi connectivity index (χ3n) is 1.85. The van der Waals surface area contributed by atoms with E-state index in [1.54, 1.807) is 30.3 Å². The molecule has 0 amide bonds. The molecule has 0 aliphatic heterocycles. The second-order valence-corrected chi connectivity index (χ2v) is 3.99. The predicted octanol–water partition coefficient (Wildman–Crippen LogP) is 2.72. The molecule has 0 atom stereocenters. The summed E-state index contributed by atoms with van der Waals surface area (Å²) in [4.78, 5) is 0. The summed E-state index contributed by atoms with van der Waals surface area (Å²) in [6.07, 6.45) is 1.77. The lowest BCUT2D eigenvalue weighted by atomic mass is 10.2. The monoisotopic (exact) mass is 234 g/mol. The van der Waals surface area contributed by atoms with Crippen LogP contribution >= 0.6 is 11.8 Å². The minimum Gasteiger partial charge on any atom is -0.508 e. The molecule has 2 aromatic rings. The van der Waals surface area contributed by atoms with E-state index >= 15 is 0 Å². The predicted molar refractivity (Wildman–Crippen MR) is 62.3 cm³/mol. The molecule has 0 spiro atoms.